The molecule has 0 aliphatic carbocycles. The summed E-state index contributed by atoms with van der Waals surface area (Å²) in [6.45, 7) is 2.38. The highest BCUT2D eigenvalue weighted by Gasteiger charge is 2.37. The molecule has 2 rings (SSSR count). The van der Waals surface area contributed by atoms with Crippen LogP contribution in [0.1, 0.15) is 18.4 Å². The normalized spacial score (nSPS) is 23.5. The highest BCUT2D eigenvalue weighted by molar-refractivity contribution is 8.00. The Morgan fingerprint density at radius 2 is 2.25 bits per heavy atom. The SMILES string of the molecule is CCOC(=O)[C@H](c1ccccc1)[C@@H]1N[C@@H](COO)CS1. The number of nitrogens with one attached hydrogen (secondary N) is 1. The van der Waals surface area contributed by atoms with E-state index in [-0.39, 0.29) is 29.9 Å². The molecule has 1 aromatic rings. The Labute approximate surface area is 122 Å². The number of hydrogen-bond acceptors (Lipinski definition) is 6. The van der Waals surface area contributed by atoms with Crippen LogP contribution in [0.25, 0.3) is 0 Å². The molecule has 20 heavy (non-hydrogen) atoms. The van der Waals surface area contributed by atoms with Crippen LogP contribution in [0.5, 0.6) is 0 Å². The number of thioether (sulfide) groups is 1. The standard InChI is InChI=1S/C14H19NO4S/c1-2-18-14(16)12(10-6-4-3-5-7-10)13-15-11(8-19-17)9-20-13/h3-7,11-13,15,17H,2,8-9H2,1H3/t11-,12+,13+/m0/s1. The molecule has 5 nitrogen and oxygen atoms in total. The first-order chi connectivity index (χ1) is 9.76. The fourth-order valence-corrected chi connectivity index (χ4v) is 3.64. The van der Waals surface area contributed by atoms with Gasteiger partial charge in [0, 0.05) is 11.8 Å². The largest absolute Gasteiger partial charge is 0.465 e. The zero-order chi connectivity index (χ0) is 14.4. The highest BCUT2D eigenvalue weighted by Crippen LogP contribution is 2.33. The molecule has 6 heteroatoms. The Bertz CT molecular complexity index is 428. The number of carbonyl (C=O) groups is 1. The van der Waals surface area contributed by atoms with E-state index in [4.69, 9.17) is 9.99 Å². The summed E-state index contributed by atoms with van der Waals surface area (Å²) in [5.41, 5.74) is 0.932. The average molecular weight is 297 g/mol. The van der Waals surface area contributed by atoms with Crippen LogP contribution in [-0.2, 0) is 14.4 Å². The molecule has 1 aliphatic rings. The molecule has 0 saturated carbocycles. The van der Waals surface area contributed by atoms with Crippen molar-refractivity contribution in [1.82, 2.24) is 5.32 Å². The monoisotopic (exact) mass is 297 g/mol. The van der Waals surface area contributed by atoms with E-state index in [1.165, 1.54) is 0 Å². The molecule has 0 spiro atoms. The van der Waals surface area contributed by atoms with Gasteiger partial charge >= 0.3 is 5.97 Å². The molecular formula is C14H19NO4S. The lowest BCUT2D eigenvalue weighted by Crippen LogP contribution is -2.39. The maximum atomic E-state index is 12.2. The van der Waals surface area contributed by atoms with E-state index in [1.807, 2.05) is 30.3 Å². The molecule has 0 bridgehead atoms. The van der Waals surface area contributed by atoms with Crippen molar-refractivity contribution in [1.29, 1.82) is 0 Å². The summed E-state index contributed by atoms with van der Waals surface area (Å²) >= 11 is 1.64. The quantitative estimate of drug-likeness (QED) is 0.474. The van der Waals surface area contributed by atoms with Crippen molar-refractivity contribution < 1.29 is 19.7 Å². The molecule has 1 aliphatic heterocycles. The van der Waals surface area contributed by atoms with Gasteiger partial charge in [-0.25, -0.2) is 4.89 Å². The van der Waals surface area contributed by atoms with Crippen molar-refractivity contribution >= 4 is 17.7 Å². The van der Waals surface area contributed by atoms with Gasteiger partial charge in [-0.1, -0.05) is 30.3 Å². The summed E-state index contributed by atoms with van der Waals surface area (Å²) in [4.78, 5) is 16.4. The van der Waals surface area contributed by atoms with Gasteiger partial charge in [0.2, 0.25) is 0 Å². The fraction of sp³-hybridized carbons (Fsp3) is 0.500. The summed E-state index contributed by atoms with van der Waals surface area (Å²) in [7, 11) is 0. The van der Waals surface area contributed by atoms with E-state index in [1.54, 1.807) is 18.7 Å². The van der Waals surface area contributed by atoms with E-state index in [9.17, 15) is 4.79 Å². The summed E-state index contributed by atoms with van der Waals surface area (Å²) in [5.74, 6) is 0.202. The second-order valence-corrected chi connectivity index (χ2v) is 5.73. The van der Waals surface area contributed by atoms with Gasteiger partial charge in [-0.3, -0.25) is 15.4 Å². The van der Waals surface area contributed by atoms with Gasteiger partial charge in [0.1, 0.15) is 5.92 Å². The molecule has 1 aromatic carbocycles. The van der Waals surface area contributed by atoms with Crippen LogP contribution >= 0.6 is 11.8 Å². The number of esters is 1. The van der Waals surface area contributed by atoms with Crippen LogP contribution in [0.3, 0.4) is 0 Å². The molecule has 3 atom stereocenters. The van der Waals surface area contributed by atoms with Gasteiger partial charge in [-0.2, -0.15) is 0 Å². The Morgan fingerprint density at radius 1 is 1.50 bits per heavy atom. The minimum atomic E-state index is -0.357. The van der Waals surface area contributed by atoms with Gasteiger partial charge in [0.25, 0.3) is 0 Å². The molecule has 0 aromatic heterocycles. The maximum absolute atomic E-state index is 12.2. The van der Waals surface area contributed by atoms with Crippen LogP contribution in [0.4, 0.5) is 0 Å². The minimum Gasteiger partial charge on any atom is -0.465 e. The Balaban J connectivity index is 2.13. The lowest BCUT2D eigenvalue weighted by atomic mass is 9.98. The number of benzene rings is 1. The van der Waals surface area contributed by atoms with Crippen molar-refractivity contribution in [3.05, 3.63) is 35.9 Å². The first-order valence-corrected chi connectivity index (χ1v) is 7.66. The molecule has 1 fully saturated rings. The second-order valence-electron chi connectivity index (χ2n) is 4.55. The molecular weight excluding hydrogens is 278 g/mol. The highest BCUT2D eigenvalue weighted by atomic mass is 32.2. The van der Waals surface area contributed by atoms with Crippen molar-refractivity contribution in [2.45, 2.75) is 24.3 Å². The smallest absolute Gasteiger partial charge is 0.315 e. The third-order valence-corrected chi connectivity index (χ3v) is 4.52. The van der Waals surface area contributed by atoms with Crippen molar-refractivity contribution in [3.8, 4) is 0 Å². The van der Waals surface area contributed by atoms with Crippen LogP contribution in [0.2, 0.25) is 0 Å². The Kier molecular flexibility index (Phi) is 5.85. The molecule has 1 heterocycles. The van der Waals surface area contributed by atoms with Crippen LogP contribution < -0.4 is 5.32 Å². The average Bonchev–Trinajstić information content (AvgIpc) is 2.89. The van der Waals surface area contributed by atoms with Crippen LogP contribution in [0, 0.1) is 0 Å². The zero-order valence-electron chi connectivity index (χ0n) is 11.3. The van der Waals surface area contributed by atoms with Crippen molar-refractivity contribution in [3.63, 3.8) is 0 Å². The number of rotatable bonds is 6. The summed E-state index contributed by atoms with van der Waals surface area (Å²) in [6, 6.07) is 9.64. The van der Waals surface area contributed by atoms with E-state index >= 15 is 0 Å². The first kappa shape index (κ1) is 15.3. The molecule has 0 radical (unpaired) electrons. The predicted octanol–water partition coefficient (Wildman–Crippen LogP) is 1.85. The number of hydrogen-bond donors (Lipinski definition) is 2. The minimum absolute atomic E-state index is 0.0376. The summed E-state index contributed by atoms with van der Waals surface area (Å²) in [6.07, 6.45) is 0. The third kappa shape index (κ3) is 3.73. The molecule has 2 N–H and O–H groups in total. The van der Waals surface area contributed by atoms with E-state index in [0.29, 0.717) is 6.61 Å². The predicted molar refractivity (Wildman–Crippen MR) is 77.6 cm³/mol. The lowest BCUT2D eigenvalue weighted by Gasteiger charge is -2.22. The lowest BCUT2D eigenvalue weighted by molar-refractivity contribution is -0.245. The molecule has 0 unspecified atom stereocenters. The maximum Gasteiger partial charge on any atom is 0.315 e. The molecule has 110 valence electrons. The van der Waals surface area contributed by atoms with Gasteiger partial charge in [0.15, 0.2) is 0 Å². The van der Waals surface area contributed by atoms with Gasteiger partial charge in [0.05, 0.1) is 18.6 Å². The van der Waals surface area contributed by atoms with Crippen molar-refractivity contribution in [2.24, 2.45) is 0 Å². The third-order valence-electron chi connectivity index (χ3n) is 3.15. The Morgan fingerprint density at radius 3 is 2.90 bits per heavy atom. The van der Waals surface area contributed by atoms with Crippen molar-refractivity contribution in [2.75, 3.05) is 19.0 Å². The second kappa shape index (κ2) is 7.64. The molecule has 1 saturated heterocycles. The van der Waals surface area contributed by atoms with E-state index in [0.717, 1.165) is 11.3 Å². The fourth-order valence-electron chi connectivity index (χ4n) is 2.25. The van der Waals surface area contributed by atoms with Crippen LogP contribution in [0.15, 0.2) is 30.3 Å². The summed E-state index contributed by atoms with van der Waals surface area (Å²) < 4.78 is 5.19. The van der Waals surface area contributed by atoms with Gasteiger partial charge in [-0.15, -0.1) is 11.8 Å². The van der Waals surface area contributed by atoms with Gasteiger partial charge < -0.3 is 4.74 Å². The van der Waals surface area contributed by atoms with E-state index < -0.39 is 0 Å². The molecule has 0 amide bonds. The number of ether oxygens (including phenoxy) is 1. The summed E-state index contributed by atoms with van der Waals surface area (Å²) in [5, 5.41) is 11.8. The topological polar surface area (TPSA) is 67.8 Å². The Hall–Kier alpha value is -1.08. The van der Waals surface area contributed by atoms with Gasteiger partial charge in [-0.05, 0) is 12.5 Å². The van der Waals surface area contributed by atoms with Crippen LogP contribution in [-0.4, -0.2) is 41.6 Å². The number of carbonyl (C=O) groups excluding carboxylic acids is 1. The van der Waals surface area contributed by atoms with E-state index in [2.05, 4.69) is 10.2 Å². The zero-order valence-corrected chi connectivity index (χ0v) is 12.1. The first-order valence-electron chi connectivity index (χ1n) is 6.61.